The van der Waals surface area contributed by atoms with Gasteiger partial charge in [0.2, 0.25) is 0 Å². The molecule has 7 heteroatoms. The van der Waals surface area contributed by atoms with Crippen molar-refractivity contribution in [2.75, 3.05) is 12.4 Å². The molecular formula is C12H12F3N3O. The van der Waals surface area contributed by atoms with E-state index in [1.165, 1.54) is 14.0 Å². The third kappa shape index (κ3) is 3.88. The Kier molecular flexibility index (Phi) is 4.38. The molecule has 0 heterocycles. The van der Waals surface area contributed by atoms with Crippen LogP contribution in [-0.2, 0) is 6.18 Å². The van der Waals surface area contributed by atoms with E-state index in [4.69, 9.17) is 5.26 Å². The highest BCUT2D eigenvalue weighted by Crippen LogP contribution is 2.29. The summed E-state index contributed by atoms with van der Waals surface area (Å²) in [6.07, 6.45) is -4.41. The van der Waals surface area contributed by atoms with Gasteiger partial charge >= 0.3 is 12.2 Å². The topological polar surface area (TPSA) is 56.1 Å². The summed E-state index contributed by atoms with van der Waals surface area (Å²) >= 11 is 0. The van der Waals surface area contributed by atoms with E-state index in [2.05, 4.69) is 5.32 Å². The van der Waals surface area contributed by atoms with Crippen LogP contribution in [0.2, 0.25) is 0 Å². The number of hydrogen-bond donors (Lipinski definition) is 1. The summed E-state index contributed by atoms with van der Waals surface area (Å²) in [6.45, 7) is 1.53. The van der Waals surface area contributed by atoms with E-state index >= 15 is 0 Å². The van der Waals surface area contributed by atoms with Crippen LogP contribution >= 0.6 is 0 Å². The van der Waals surface area contributed by atoms with Crippen LogP contribution in [0.4, 0.5) is 23.7 Å². The number of carbonyl (C=O) groups excluding carboxylic acids is 1. The highest BCUT2D eigenvalue weighted by atomic mass is 19.4. The third-order valence-electron chi connectivity index (χ3n) is 2.55. The van der Waals surface area contributed by atoms with Crippen molar-refractivity contribution in [2.45, 2.75) is 19.1 Å². The van der Waals surface area contributed by atoms with Gasteiger partial charge in [-0.1, -0.05) is 0 Å². The Balaban J connectivity index is 2.74. The van der Waals surface area contributed by atoms with E-state index in [0.717, 1.165) is 29.2 Å². The van der Waals surface area contributed by atoms with Gasteiger partial charge in [-0.2, -0.15) is 18.4 Å². The van der Waals surface area contributed by atoms with Gasteiger partial charge in [-0.3, -0.25) is 0 Å². The average molecular weight is 271 g/mol. The third-order valence-corrected chi connectivity index (χ3v) is 2.55. The fourth-order valence-corrected chi connectivity index (χ4v) is 1.22. The lowest BCUT2D eigenvalue weighted by molar-refractivity contribution is -0.137. The first-order valence-electron chi connectivity index (χ1n) is 5.36. The van der Waals surface area contributed by atoms with Crippen LogP contribution in [0, 0.1) is 11.3 Å². The normalized spacial score (nSPS) is 12.4. The number of alkyl halides is 3. The molecule has 1 N–H and O–H groups in total. The van der Waals surface area contributed by atoms with E-state index in [0.29, 0.717) is 0 Å². The Morgan fingerprint density at radius 2 is 1.89 bits per heavy atom. The van der Waals surface area contributed by atoms with Crippen LogP contribution in [-0.4, -0.2) is 24.0 Å². The van der Waals surface area contributed by atoms with E-state index < -0.39 is 23.8 Å². The Hall–Kier alpha value is -2.23. The standard InChI is InChI=1S/C12H12F3N3O/c1-8(7-16)18(2)11(19)17-10-5-3-9(4-6-10)12(13,14)15/h3-6,8H,1-2H3,(H,17,19). The van der Waals surface area contributed by atoms with Crippen molar-refractivity contribution in [3.05, 3.63) is 29.8 Å². The molecule has 0 saturated carbocycles. The molecular weight excluding hydrogens is 259 g/mol. The molecule has 1 aromatic carbocycles. The van der Waals surface area contributed by atoms with Crippen molar-refractivity contribution in [2.24, 2.45) is 0 Å². The predicted molar refractivity (Wildman–Crippen MR) is 63.3 cm³/mol. The molecule has 1 aromatic rings. The first kappa shape index (κ1) is 14.8. The summed E-state index contributed by atoms with van der Waals surface area (Å²) in [6, 6.07) is 4.76. The highest BCUT2D eigenvalue weighted by molar-refractivity contribution is 5.89. The van der Waals surface area contributed by atoms with Crippen molar-refractivity contribution < 1.29 is 18.0 Å². The molecule has 0 fully saturated rings. The molecule has 0 aliphatic rings. The average Bonchev–Trinajstić information content (AvgIpc) is 2.36. The molecule has 1 unspecified atom stereocenters. The van der Waals surface area contributed by atoms with Gasteiger partial charge < -0.3 is 10.2 Å². The zero-order valence-electron chi connectivity index (χ0n) is 10.3. The number of nitrogens with zero attached hydrogens (tertiary/aromatic N) is 2. The van der Waals surface area contributed by atoms with Gasteiger partial charge in [0.15, 0.2) is 0 Å². The number of halogens is 3. The monoisotopic (exact) mass is 271 g/mol. The fourth-order valence-electron chi connectivity index (χ4n) is 1.22. The van der Waals surface area contributed by atoms with Crippen LogP contribution in [0.15, 0.2) is 24.3 Å². The maximum atomic E-state index is 12.3. The minimum Gasteiger partial charge on any atom is -0.312 e. The molecule has 102 valence electrons. The molecule has 0 spiro atoms. The van der Waals surface area contributed by atoms with E-state index in [9.17, 15) is 18.0 Å². The number of hydrogen-bond acceptors (Lipinski definition) is 2. The molecule has 0 radical (unpaired) electrons. The van der Waals surface area contributed by atoms with E-state index in [1.54, 1.807) is 0 Å². The number of amides is 2. The van der Waals surface area contributed by atoms with Gasteiger partial charge in [0.25, 0.3) is 0 Å². The van der Waals surface area contributed by atoms with Crippen LogP contribution in [0.3, 0.4) is 0 Å². The number of nitriles is 1. The molecule has 19 heavy (non-hydrogen) atoms. The summed E-state index contributed by atoms with van der Waals surface area (Å²) in [5, 5.41) is 11.1. The Labute approximate surface area is 108 Å². The Morgan fingerprint density at radius 3 is 2.32 bits per heavy atom. The maximum absolute atomic E-state index is 12.3. The maximum Gasteiger partial charge on any atom is 0.416 e. The molecule has 1 rings (SSSR count). The number of nitrogens with one attached hydrogen (secondary N) is 1. The summed E-state index contributed by atoms with van der Waals surface area (Å²) < 4.78 is 37.0. The minimum atomic E-state index is -4.41. The number of carbonyl (C=O) groups is 1. The number of anilines is 1. The predicted octanol–water partition coefficient (Wildman–Crippen LogP) is 3.08. The van der Waals surface area contributed by atoms with Gasteiger partial charge in [-0.05, 0) is 31.2 Å². The first-order chi connectivity index (χ1) is 8.75. The zero-order valence-corrected chi connectivity index (χ0v) is 10.3. The van der Waals surface area contributed by atoms with Crippen molar-refractivity contribution >= 4 is 11.7 Å². The minimum absolute atomic E-state index is 0.231. The Morgan fingerprint density at radius 1 is 1.37 bits per heavy atom. The number of rotatable bonds is 2. The van der Waals surface area contributed by atoms with Gasteiger partial charge in [0.05, 0.1) is 11.6 Å². The molecule has 1 atom stereocenters. The van der Waals surface area contributed by atoms with Crippen LogP contribution < -0.4 is 5.32 Å². The SMILES string of the molecule is CC(C#N)N(C)C(=O)Nc1ccc(C(F)(F)F)cc1. The first-order valence-corrected chi connectivity index (χ1v) is 5.36. The van der Waals surface area contributed by atoms with Gasteiger partial charge in [-0.25, -0.2) is 4.79 Å². The highest BCUT2D eigenvalue weighted by Gasteiger charge is 2.30. The second-order valence-corrected chi connectivity index (χ2v) is 3.92. The summed E-state index contributed by atoms with van der Waals surface area (Å²) in [4.78, 5) is 12.8. The smallest absolute Gasteiger partial charge is 0.312 e. The van der Waals surface area contributed by atoms with Gasteiger partial charge in [0, 0.05) is 12.7 Å². The molecule has 2 amide bonds. The summed E-state index contributed by atoms with van der Waals surface area (Å²) in [5.74, 6) is 0. The molecule has 4 nitrogen and oxygen atoms in total. The number of urea groups is 1. The molecule has 0 aliphatic heterocycles. The lowest BCUT2D eigenvalue weighted by Gasteiger charge is -2.20. The van der Waals surface area contributed by atoms with Gasteiger partial charge in [-0.15, -0.1) is 0 Å². The largest absolute Gasteiger partial charge is 0.416 e. The zero-order chi connectivity index (χ0) is 14.6. The summed E-state index contributed by atoms with van der Waals surface area (Å²) in [7, 11) is 1.42. The summed E-state index contributed by atoms with van der Waals surface area (Å²) in [5.41, 5.74) is -0.556. The molecule has 0 bridgehead atoms. The lowest BCUT2D eigenvalue weighted by atomic mass is 10.2. The van der Waals surface area contributed by atoms with Crippen LogP contribution in [0.5, 0.6) is 0 Å². The van der Waals surface area contributed by atoms with Crippen molar-refractivity contribution in [1.82, 2.24) is 4.90 Å². The van der Waals surface area contributed by atoms with E-state index in [1.807, 2.05) is 6.07 Å². The van der Waals surface area contributed by atoms with Crippen molar-refractivity contribution in [3.8, 4) is 6.07 Å². The second-order valence-electron chi connectivity index (χ2n) is 3.92. The van der Waals surface area contributed by atoms with Crippen LogP contribution in [0.25, 0.3) is 0 Å². The quantitative estimate of drug-likeness (QED) is 0.898. The van der Waals surface area contributed by atoms with Crippen molar-refractivity contribution in [1.29, 1.82) is 5.26 Å². The van der Waals surface area contributed by atoms with E-state index in [-0.39, 0.29) is 5.69 Å². The number of benzene rings is 1. The molecule has 0 aliphatic carbocycles. The fraction of sp³-hybridized carbons (Fsp3) is 0.333. The second kappa shape index (κ2) is 5.61. The van der Waals surface area contributed by atoms with Crippen molar-refractivity contribution in [3.63, 3.8) is 0 Å². The Bertz CT molecular complexity index is 490. The lowest BCUT2D eigenvalue weighted by Crippen LogP contribution is -2.37. The molecule has 0 saturated heterocycles. The van der Waals surface area contributed by atoms with Crippen LogP contribution in [0.1, 0.15) is 12.5 Å². The van der Waals surface area contributed by atoms with Gasteiger partial charge in [0.1, 0.15) is 6.04 Å². The molecule has 0 aromatic heterocycles.